The van der Waals surface area contributed by atoms with Gasteiger partial charge in [0, 0.05) is 0 Å². The molecule has 12 heavy (non-hydrogen) atoms. The molecule has 0 heterocycles. The van der Waals surface area contributed by atoms with Crippen LogP contribution in [0.5, 0.6) is 0 Å². The standard InChI is InChI=1S/C12H18/c1-5-9-12(10-6-2)11(7-3)8-4/h5-7,9-10H,3,8H2,1-2,4H3/b9-5-,10-6-. The SMILES string of the molecule is C=CC(CC)=C(/C=C\C)/C=C\C. The van der Waals surface area contributed by atoms with E-state index >= 15 is 0 Å². The van der Waals surface area contributed by atoms with Crippen LogP contribution >= 0.6 is 0 Å². The molecule has 0 aromatic heterocycles. The van der Waals surface area contributed by atoms with Crippen LogP contribution in [0.25, 0.3) is 0 Å². The molecule has 0 aliphatic carbocycles. The molecule has 0 spiro atoms. The summed E-state index contributed by atoms with van der Waals surface area (Å²) in [5.41, 5.74) is 2.56. The van der Waals surface area contributed by atoms with Gasteiger partial charge < -0.3 is 0 Å². The molecule has 0 heteroatoms. The first-order valence-corrected chi connectivity index (χ1v) is 4.41. The highest BCUT2D eigenvalue weighted by atomic mass is 14.0. The van der Waals surface area contributed by atoms with E-state index in [0.717, 1.165) is 6.42 Å². The van der Waals surface area contributed by atoms with Crippen molar-refractivity contribution in [3.05, 3.63) is 48.1 Å². The summed E-state index contributed by atoms with van der Waals surface area (Å²) < 4.78 is 0. The van der Waals surface area contributed by atoms with Crippen LogP contribution in [0, 0.1) is 0 Å². The average Bonchev–Trinajstić information content (AvgIpc) is 2.07. The molecule has 0 aromatic rings. The van der Waals surface area contributed by atoms with Crippen molar-refractivity contribution in [2.75, 3.05) is 0 Å². The summed E-state index contributed by atoms with van der Waals surface area (Å²) in [7, 11) is 0. The Labute approximate surface area is 76.0 Å². The Hall–Kier alpha value is -1.04. The fourth-order valence-electron chi connectivity index (χ4n) is 1.10. The lowest BCUT2D eigenvalue weighted by molar-refractivity contribution is 1.13. The molecule has 0 unspecified atom stereocenters. The van der Waals surface area contributed by atoms with E-state index in [1.54, 1.807) is 0 Å². The molecular formula is C12H18. The van der Waals surface area contributed by atoms with E-state index in [2.05, 4.69) is 37.8 Å². The first kappa shape index (κ1) is 11.0. The van der Waals surface area contributed by atoms with E-state index in [1.165, 1.54) is 11.1 Å². The molecule has 0 saturated carbocycles. The van der Waals surface area contributed by atoms with Crippen LogP contribution in [0.3, 0.4) is 0 Å². The van der Waals surface area contributed by atoms with E-state index in [4.69, 9.17) is 0 Å². The Morgan fingerprint density at radius 1 is 1.17 bits per heavy atom. The van der Waals surface area contributed by atoms with Crippen molar-refractivity contribution in [1.82, 2.24) is 0 Å². The smallest absolute Gasteiger partial charge is 0.0231 e. The lowest BCUT2D eigenvalue weighted by Crippen LogP contribution is -1.81. The average molecular weight is 162 g/mol. The number of rotatable bonds is 4. The minimum absolute atomic E-state index is 1.04. The van der Waals surface area contributed by atoms with Gasteiger partial charge in [0.2, 0.25) is 0 Å². The summed E-state index contributed by atoms with van der Waals surface area (Å²) >= 11 is 0. The second kappa shape index (κ2) is 6.66. The first-order chi connectivity index (χ1) is 5.79. The maximum Gasteiger partial charge on any atom is -0.0231 e. The second-order valence-corrected chi connectivity index (χ2v) is 2.54. The lowest BCUT2D eigenvalue weighted by Gasteiger charge is -2.01. The van der Waals surface area contributed by atoms with E-state index in [1.807, 2.05) is 19.9 Å². The molecule has 0 radical (unpaired) electrons. The molecule has 0 atom stereocenters. The molecule has 0 aromatic carbocycles. The third kappa shape index (κ3) is 3.38. The Morgan fingerprint density at radius 2 is 1.67 bits per heavy atom. The van der Waals surface area contributed by atoms with Crippen LogP contribution in [0.15, 0.2) is 48.1 Å². The van der Waals surface area contributed by atoms with Crippen molar-refractivity contribution in [2.24, 2.45) is 0 Å². The molecule has 0 bridgehead atoms. The minimum Gasteiger partial charge on any atom is -0.0988 e. The maximum absolute atomic E-state index is 3.79. The molecule has 0 rings (SSSR count). The summed E-state index contributed by atoms with van der Waals surface area (Å²) in [6, 6.07) is 0. The molecule has 0 aliphatic rings. The van der Waals surface area contributed by atoms with Gasteiger partial charge in [-0.3, -0.25) is 0 Å². The van der Waals surface area contributed by atoms with Gasteiger partial charge in [-0.25, -0.2) is 0 Å². The van der Waals surface area contributed by atoms with Crippen LogP contribution in [0.4, 0.5) is 0 Å². The zero-order valence-electron chi connectivity index (χ0n) is 8.30. The number of hydrogen-bond donors (Lipinski definition) is 0. The van der Waals surface area contributed by atoms with Crippen LogP contribution in [-0.4, -0.2) is 0 Å². The van der Waals surface area contributed by atoms with E-state index in [0.29, 0.717) is 0 Å². The zero-order valence-corrected chi connectivity index (χ0v) is 8.30. The first-order valence-electron chi connectivity index (χ1n) is 4.41. The molecule has 0 saturated heterocycles. The van der Waals surface area contributed by atoms with Crippen LogP contribution in [-0.2, 0) is 0 Å². The fourth-order valence-corrected chi connectivity index (χ4v) is 1.10. The van der Waals surface area contributed by atoms with Gasteiger partial charge >= 0.3 is 0 Å². The quantitative estimate of drug-likeness (QED) is 0.547. The summed E-state index contributed by atoms with van der Waals surface area (Å²) in [4.78, 5) is 0. The summed E-state index contributed by atoms with van der Waals surface area (Å²) in [6.07, 6.45) is 11.3. The van der Waals surface area contributed by atoms with Gasteiger partial charge in [0.25, 0.3) is 0 Å². The Balaban J connectivity index is 4.87. The normalized spacial score (nSPS) is 10.9. The highest BCUT2D eigenvalue weighted by molar-refractivity contribution is 5.39. The maximum atomic E-state index is 3.79. The van der Waals surface area contributed by atoms with Crippen LogP contribution in [0.1, 0.15) is 27.2 Å². The van der Waals surface area contributed by atoms with Crippen molar-refractivity contribution in [3.63, 3.8) is 0 Å². The van der Waals surface area contributed by atoms with Crippen LogP contribution in [0.2, 0.25) is 0 Å². The van der Waals surface area contributed by atoms with E-state index in [-0.39, 0.29) is 0 Å². The largest absolute Gasteiger partial charge is 0.0988 e. The van der Waals surface area contributed by atoms with Crippen molar-refractivity contribution < 1.29 is 0 Å². The molecule has 0 nitrogen and oxygen atoms in total. The number of hydrogen-bond acceptors (Lipinski definition) is 0. The Kier molecular flexibility index (Phi) is 6.08. The Morgan fingerprint density at radius 3 is 1.92 bits per heavy atom. The predicted octanol–water partition coefficient (Wildman–Crippen LogP) is 4.03. The topological polar surface area (TPSA) is 0 Å². The van der Waals surface area contributed by atoms with Gasteiger partial charge in [-0.05, 0) is 31.4 Å². The van der Waals surface area contributed by atoms with Crippen LogP contribution < -0.4 is 0 Å². The van der Waals surface area contributed by atoms with Crippen molar-refractivity contribution in [3.8, 4) is 0 Å². The van der Waals surface area contributed by atoms with E-state index in [9.17, 15) is 0 Å². The molecule has 0 aliphatic heterocycles. The Bertz CT molecular complexity index is 200. The monoisotopic (exact) mass is 162 g/mol. The molecular weight excluding hydrogens is 144 g/mol. The van der Waals surface area contributed by atoms with E-state index < -0.39 is 0 Å². The predicted molar refractivity (Wildman–Crippen MR) is 57.1 cm³/mol. The minimum atomic E-state index is 1.04. The van der Waals surface area contributed by atoms with Gasteiger partial charge in [0.1, 0.15) is 0 Å². The molecule has 0 N–H and O–H groups in total. The van der Waals surface area contributed by atoms with Gasteiger partial charge in [0.15, 0.2) is 0 Å². The summed E-state index contributed by atoms with van der Waals surface area (Å²) in [5, 5.41) is 0. The third-order valence-corrected chi connectivity index (χ3v) is 1.69. The summed E-state index contributed by atoms with van der Waals surface area (Å²) in [5.74, 6) is 0. The van der Waals surface area contributed by atoms with Gasteiger partial charge in [-0.2, -0.15) is 0 Å². The lowest BCUT2D eigenvalue weighted by atomic mass is 10.0. The second-order valence-electron chi connectivity index (χ2n) is 2.54. The zero-order chi connectivity index (χ0) is 9.40. The van der Waals surface area contributed by atoms with Gasteiger partial charge in [0.05, 0.1) is 0 Å². The highest BCUT2D eigenvalue weighted by Crippen LogP contribution is 2.12. The van der Waals surface area contributed by atoms with Crippen molar-refractivity contribution in [2.45, 2.75) is 27.2 Å². The van der Waals surface area contributed by atoms with Gasteiger partial charge in [-0.15, -0.1) is 0 Å². The fraction of sp³-hybridized carbons (Fsp3) is 0.333. The molecule has 66 valence electrons. The number of allylic oxidation sites excluding steroid dienone is 7. The highest BCUT2D eigenvalue weighted by Gasteiger charge is 1.92. The van der Waals surface area contributed by atoms with Crippen molar-refractivity contribution in [1.29, 1.82) is 0 Å². The summed E-state index contributed by atoms with van der Waals surface area (Å²) in [6.45, 7) is 9.99. The molecule has 0 fully saturated rings. The third-order valence-electron chi connectivity index (χ3n) is 1.69. The van der Waals surface area contributed by atoms with Gasteiger partial charge in [-0.1, -0.05) is 43.9 Å². The molecule has 0 amide bonds. The van der Waals surface area contributed by atoms with Crippen molar-refractivity contribution >= 4 is 0 Å².